The molecule has 0 atom stereocenters. The molecule has 0 radical (unpaired) electrons. The first-order valence-corrected chi connectivity index (χ1v) is 11.7. The fraction of sp³-hybridized carbons (Fsp3) is 0.478. The summed E-state index contributed by atoms with van der Waals surface area (Å²) in [5.41, 5.74) is 1.84. The van der Waals surface area contributed by atoms with Gasteiger partial charge in [-0.25, -0.2) is 9.97 Å². The summed E-state index contributed by atoms with van der Waals surface area (Å²) in [6, 6.07) is 8.47. The second-order valence-electron chi connectivity index (χ2n) is 8.39. The lowest BCUT2D eigenvalue weighted by molar-refractivity contribution is 0.141. The largest absolute Gasteiger partial charge is 0.356 e. The first-order chi connectivity index (χ1) is 14.7. The molecule has 5 rings (SSSR count). The van der Waals surface area contributed by atoms with Gasteiger partial charge in [0.2, 0.25) is 0 Å². The van der Waals surface area contributed by atoms with Crippen molar-refractivity contribution in [3.05, 3.63) is 52.4 Å². The summed E-state index contributed by atoms with van der Waals surface area (Å²) >= 11 is 12.8. The van der Waals surface area contributed by atoms with Crippen molar-refractivity contribution in [3.8, 4) is 0 Å². The van der Waals surface area contributed by atoms with E-state index in [4.69, 9.17) is 23.2 Å². The molecule has 2 aliphatic heterocycles. The number of nitrogens with zero attached hydrogens (tertiary/aromatic N) is 5. The van der Waals surface area contributed by atoms with Gasteiger partial charge in [-0.1, -0.05) is 35.7 Å². The van der Waals surface area contributed by atoms with Gasteiger partial charge in [0.1, 0.15) is 17.8 Å². The van der Waals surface area contributed by atoms with Gasteiger partial charge in [-0.2, -0.15) is 0 Å². The molecule has 2 fully saturated rings. The Hall–Kier alpha value is -1.82. The number of rotatable bonds is 4. The third kappa shape index (κ3) is 3.91. The second-order valence-corrected chi connectivity index (χ2v) is 9.21. The molecule has 3 aromatic rings. The highest BCUT2D eigenvalue weighted by atomic mass is 35.5. The van der Waals surface area contributed by atoms with Crippen LogP contribution < -0.4 is 4.90 Å². The zero-order valence-electron chi connectivity index (χ0n) is 17.1. The molecule has 0 aliphatic carbocycles. The number of likely N-dealkylation sites (tertiary alicyclic amines) is 1. The van der Waals surface area contributed by atoms with E-state index in [0.29, 0.717) is 16.6 Å². The average Bonchev–Trinajstić information content (AvgIpc) is 3.20. The van der Waals surface area contributed by atoms with Gasteiger partial charge >= 0.3 is 0 Å². The van der Waals surface area contributed by atoms with E-state index in [0.717, 1.165) is 41.5 Å². The zero-order chi connectivity index (χ0) is 20.5. The van der Waals surface area contributed by atoms with E-state index in [1.165, 1.54) is 45.2 Å². The van der Waals surface area contributed by atoms with Gasteiger partial charge in [0.25, 0.3) is 0 Å². The molecule has 0 unspecified atom stereocenters. The maximum atomic E-state index is 6.39. The fourth-order valence-electron chi connectivity index (χ4n) is 4.95. The van der Waals surface area contributed by atoms with Gasteiger partial charge in [-0.15, -0.1) is 0 Å². The SMILES string of the molecule is Clc1cccc(Cl)c1Cn1ccc2c(N3CCC(N4CCCCC4)CC3)ncnc21. The van der Waals surface area contributed by atoms with Crippen molar-refractivity contribution < 1.29 is 0 Å². The maximum Gasteiger partial charge on any atom is 0.145 e. The number of benzene rings is 1. The number of fused-ring (bicyclic) bond motifs is 1. The van der Waals surface area contributed by atoms with E-state index < -0.39 is 0 Å². The van der Waals surface area contributed by atoms with Crippen molar-refractivity contribution in [2.75, 3.05) is 31.1 Å². The molecule has 0 spiro atoms. The van der Waals surface area contributed by atoms with Crippen LogP contribution in [0.25, 0.3) is 11.0 Å². The normalized spacial score (nSPS) is 18.9. The molecule has 2 saturated heterocycles. The molecule has 0 bridgehead atoms. The highest BCUT2D eigenvalue weighted by Crippen LogP contribution is 2.30. The standard InChI is InChI=1S/C23H27Cl2N5/c24-20-5-4-6-21(25)19(20)15-30-14-9-18-22(26-16-27-23(18)30)29-12-7-17(8-13-29)28-10-2-1-3-11-28/h4-6,9,14,16-17H,1-3,7-8,10-13,15H2. The monoisotopic (exact) mass is 443 g/mol. The van der Waals surface area contributed by atoms with Crippen LogP contribution in [0.2, 0.25) is 10.0 Å². The van der Waals surface area contributed by atoms with Gasteiger partial charge in [0.05, 0.1) is 11.9 Å². The average molecular weight is 444 g/mol. The summed E-state index contributed by atoms with van der Waals surface area (Å²) in [4.78, 5) is 14.4. The summed E-state index contributed by atoms with van der Waals surface area (Å²) in [5.74, 6) is 1.04. The Kier molecular flexibility index (Phi) is 5.85. The van der Waals surface area contributed by atoms with Crippen molar-refractivity contribution in [3.63, 3.8) is 0 Å². The molecule has 0 saturated carbocycles. The minimum atomic E-state index is 0.593. The predicted octanol–water partition coefficient (Wildman–Crippen LogP) is 5.24. The number of halogens is 2. The molecule has 4 heterocycles. The van der Waals surface area contributed by atoms with Gasteiger partial charge in [0.15, 0.2) is 0 Å². The van der Waals surface area contributed by atoms with Gasteiger partial charge in [-0.05, 0) is 57.0 Å². The molecular formula is C23H27Cl2N5. The Morgan fingerprint density at radius 3 is 2.37 bits per heavy atom. The van der Waals surface area contributed by atoms with E-state index in [1.807, 2.05) is 18.2 Å². The second kappa shape index (κ2) is 8.74. The molecule has 30 heavy (non-hydrogen) atoms. The Labute approximate surface area is 187 Å². The van der Waals surface area contributed by atoms with E-state index in [-0.39, 0.29) is 0 Å². The number of aromatic nitrogens is 3. The van der Waals surface area contributed by atoms with Crippen LogP contribution in [-0.4, -0.2) is 51.7 Å². The Balaban J connectivity index is 1.35. The van der Waals surface area contributed by atoms with Crippen LogP contribution in [0.1, 0.15) is 37.7 Å². The van der Waals surface area contributed by atoms with E-state index in [1.54, 1.807) is 6.33 Å². The third-order valence-corrected chi connectivity index (χ3v) is 7.30. The molecule has 0 N–H and O–H groups in total. The van der Waals surface area contributed by atoms with Gasteiger partial charge in [0, 0.05) is 40.9 Å². The van der Waals surface area contributed by atoms with Crippen LogP contribution in [-0.2, 0) is 6.54 Å². The summed E-state index contributed by atoms with van der Waals surface area (Å²) in [6.07, 6.45) is 10.3. The quantitative estimate of drug-likeness (QED) is 0.552. The van der Waals surface area contributed by atoms with Crippen LogP contribution >= 0.6 is 23.2 Å². The molecule has 1 aromatic carbocycles. The Morgan fingerprint density at radius 1 is 0.900 bits per heavy atom. The van der Waals surface area contributed by atoms with Crippen LogP contribution in [0.3, 0.4) is 0 Å². The lowest BCUT2D eigenvalue weighted by Crippen LogP contribution is -2.47. The van der Waals surface area contributed by atoms with Crippen molar-refractivity contribution >= 4 is 40.1 Å². The summed E-state index contributed by atoms with van der Waals surface area (Å²) in [6.45, 7) is 5.24. The van der Waals surface area contributed by atoms with E-state index in [9.17, 15) is 0 Å². The smallest absolute Gasteiger partial charge is 0.145 e. The minimum absolute atomic E-state index is 0.593. The summed E-state index contributed by atoms with van der Waals surface area (Å²) in [7, 11) is 0. The highest BCUT2D eigenvalue weighted by molar-refractivity contribution is 6.36. The van der Waals surface area contributed by atoms with E-state index in [2.05, 4.69) is 36.6 Å². The molecule has 0 amide bonds. The van der Waals surface area contributed by atoms with Gasteiger partial charge < -0.3 is 14.4 Å². The summed E-state index contributed by atoms with van der Waals surface area (Å²) in [5, 5.41) is 2.45. The van der Waals surface area contributed by atoms with Crippen LogP contribution in [0.15, 0.2) is 36.8 Å². The van der Waals surface area contributed by atoms with Crippen molar-refractivity contribution in [2.24, 2.45) is 0 Å². The fourth-order valence-corrected chi connectivity index (χ4v) is 5.47. The lowest BCUT2D eigenvalue weighted by Gasteiger charge is -2.40. The number of piperidine rings is 2. The number of hydrogen-bond donors (Lipinski definition) is 0. The van der Waals surface area contributed by atoms with Crippen molar-refractivity contribution in [2.45, 2.75) is 44.7 Å². The van der Waals surface area contributed by atoms with Gasteiger partial charge in [-0.3, -0.25) is 0 Å². The third-order valence-electron chi connectivity index (χ3n) is 6.60. The molecule has 7 heteroatoms. The lowest BCUT2D eigenvalue weighted by atomic mass is 10.00. The first-order valence-electron chi connectivity index (χ1n) is 10.9. The Morgan fingerprint density at radius 2 is 1.63 bits per heavy atom. The minimum Gasteiger partial charge on any atom is -0.356 e. The van der Waals surface area contributed by atoms with Crippen LogP contribution in [0.4, 0.5) is 5.82 Å². The molecule has 5 nitrogen and oxygen atoms in total. The zero-order valence-corrected chi connectivity index (χ0v) is 18.6. The summed E-state index contributed by atoms with van der Waals surface area (Å²) < 4.78 is 2.11. The van der Waals surface area contributed by atoms with Crippen molar-refractivity contribution in [1.82, 2.24) is 19.4 Å². The highest BCUT2D eigenvalue weighted by Gasteiger charge is 2.27. The molecule has 2 aromatic heterocycles. The van der Waals surface area contributed by atoms with E-state index >= 15 is 0 Å². The van der Waals surface area contributed by atoms with Crippen molar-refractivity contribution in [1.29, 1.82) is 0 Å². The molecular weight excluding hydrogens is 417 g/mol. The predicted molar refractivity (Wildman–Crippen MR) is 124 cm³/mol. The number of hydrogen-bond acceptors (Lipinski definition) is 4. The molecule has 158 valence electrons. The van der Waals surface area contributed by atoms with Crippen LogP contribution in [0.5, 0.6) is 0 Å². The van der Waals surface area contributed by atoms with Crippen LogP contribution in [0, 0.1) is 0 Å². The Bertz CT molecular complexity index is 999. The first kappa shape index (κ1) is 20.1. The number of anilines is 1. The topological polar surface area (TPSA) is 37.2 Å². The molecule has 2 aliphatic rings. The maximum absolute atomic E-state index is 6.39.